The second-order valence-corrected chi connectivity index (χ2v) is 11.7. The number of hydrogen-bond donors (Lipinski definition) is 0. The molecule has 0 saturated carbocycles. The average Bonchev–Trinajstić information content (AvgIpc) is 3.53. The van der Waals surface area contributed by atoms with Gasteiger partial charge in [-0.1, -0.05) is 24.3 Å². The minimum Gasteiger partial charge on any atom is -0.493 e. The van der Waals surface area contributed by atoms with Gasteiger partial charge in [0.2, 0.25) is 0 Å². The van der Waals surface area contributed by atoms with Crippen LogP contribution in [0.4, 0.5) is 32.4 Å². The molecule has 0 aliphatic carbocycles. The molecule has 3 aromatic carbocycles. The van der Waals surface area contributed by atoms with Crippen LogP contribution in [-0.2, 0) is 23.8 Å². The van der Waals surface area contributed by atoms with E-state index in [0.717, 1.165) is 24.5 Å². The SMILES string of the molecule is COc1cc(/C=C2/SC(N3CCCN(c4nc5ccccc5o4)CC3)=NC2=O)ccc1OCc1ccc(C(F)(F)F)cc1C(F)(F)F. The van der Waals surface area contributed by atoms with E-state index < -0.39 is 41.6 Å². The Hall–Kier alpha value is -4.66. The first-order valence-corrected chi connectivity index (χ1v) is 15.2. The van der Waals surface area contributed by atoms with Crippen LogP contribution < -0.4 is 14.4 Å². The van der Waals surface area contributed by atoms with Gasteiger partial charge in [0.25, 0.3) is 11.9 Å². The molecule has 15 heteroatoms. The topological polar surface area (TPSA) is 80.4 Å². The van der Waals surface area contributed by atoms with Crippen LogP contribution >= 0.6 is 11.8 Å². The second-order valence-electron chi connectivity index (χ2n) is 10.7. The Morgan fingerprint density at radius 2 is 1.68 bits per heavy atom. The monoisotopic (exact) mass is 676 g/mol. The minimum absolute atomic E-state index is 0.0669. The van der Waals surface area contributed by atoms with Crippen LogP contribution in [0.25, 0.3) is 17.2 Å². The molecule has 1 fully saturated rings. The predicted octanol–water partition coefficient (Wildman–Crippen LogP) is 7.64. The maximum atomic E-state index is 13.6. The quantitative estimate of drug-likeness (QED) is 0.152. The average molecular weight is 677 g/mol. The molecular weight excluding hydrogens is 650 g/mol. The summed E-state index contributed by atoms with van der Waals surface area (Å²) in [4.78, 5) is 26.1. The number of carbonyl (C=O) groups excluding carboxylic acids is 1. The molecule has 0 bridgehead atoms. The lowest BCUT2D eigenvalue weighted by Crippen LogP contribution is -2.33. The molecule has 1 aromatic heterocycles. The van der Waals surface area contributed by atoms with Gasteiger partial charge in [-0.25, -0.2) is 0 Å². The van der Waals surface area contributed by atoms with Crippen molar-refractivity contribution >= 4 is 46.0 Å². The van der Waals surface area contributed by atoms with Crippen molar-refractivity contribution in [2.75, 3.05) is 38.2 Å². The highest BCUT2D eigenvalue weighted by molar-refractivity contribution is 8.18. The first kappa shape index (κ1) is 32.3. The van der Waals surface area contributed by atoms with Gasteiger partial charge in [0.05, 0.1) is 23.1 Å². The Bertz CT molecular complexity index is 1840. The lowest BCUT2D eigenvalue weighted by molar-refractivity contribution is -0.143. The Morgan fingerprint density at radius 3 is 2.43 bits per heavy atom. The molecule has 2 aliphatic heterocycles. The fourth-order valence-electron chi connectivity index (χ4n) is 5.17. The summed E-state index contributed by atoms with van der Waals surface area (Å²) >= 11 is 1.23. The van der Waals surface area contributed by atoms with Crippen LogP contribution in [0.1, 0.15) is 28.7 Å². The number of alkyl halides is 6. The number of amidine groups is 1. The van der Waals surface area contributed by atoms with Gasteiger partial charge in [0.15, 0.2) is 22.2 Å². The number of nitrogens with zero attached hydrogens (tertiary/aromatic N) is 4. The number of hydrogen-bond acceptors (Lipinski definition) is 8. The summed E-state index contributed by atoms with van der Waals surface area (Å²) in [5, 5.41) is 0.574. The Kier molecular flexibility index (Phi) is 8.83. The third-order valence-electron chi connectivity index (χ3n) is 7.54. The Labute approximate surface area is 268 Å². The molecule has 0 unspecified atom stereocenters. The van der Waals surface area contributed by atoms with E-state index in [1.165, 1.54) is 31.0 Å². The molecular formula is C32H26F6N4O4S. The van der Waals surface area contributed by atoms with Crippen molar-refractivity contribution in [2.24, 2.45) is 4.99 Å². The van der Waals surface area contributed by atoms with Crippen LogP contribution in [0.2, 0.25) is 0 Å². The molecule has 6 rings (SSSR count). The van der Waals surface area contributed by atoms with Crippen LogP contribution in [0.5, 0.6) is 11.5 Å². The molecule has 1 saturated heterocycles. The van der Waals surface area contributed by atoms with Gasteiger partial charge in [0.1, 0.15) is 12.1 Å². The van der Waals surface area contributed by atoms with Crippen molar-refractivity contribution < 1.29 is 45.0 Å². The number of halogens is 6. The van der Waals surface area contributed by atoms with E-state index >= 15 is 0 Å². The molecule has 0 spiro atoms. The van der Waals surface area contributed by atoms with E-state index in [9.17, 15) is 31.1 Å². The smallest absolute Gasteiger partial charge is 0.416 e. The highest BCUT2D eigenvalue weighted by Crippen LogP contribution is 2.39. The zero-order chi connectivity index (χ0) is 33.3. The third kappa shape index (κ3) is 7.19. The molecule has 0 radical (unpaired) electrons. The van der Waals surface area contributed by atoms with Gasteiger partial charge in [-0.3, -0.25) is 4.79 Å². The number of methoxy groups -OCH3 is 1. The number of rotatable bonds is 6. The fourth-order valence-corrected chi connectivity index (χ4v) is 6.14. The summed E-state index contributed by atoms with van der Waals surface area (Å²) in [7, 11) is 1.33. The van der Waals surface area contributed by atoms with Crippen molar-refractivity contribution in [3.05, 3.63) is 87.8 Å². The lowest BCUT2D eigenvalue weighted by atomic mass is 10.0. The highest BCUT2D eigenvalue weighted by Gasteiger charge is 2.38. The van der Waals surface area contributed by atoms with Crippen molar-refractivity contribution in [1.29, 1.82) is 0 Å². The molecule has 0 atom stereocenters. The second kappa shape index (κ2) is 12.9. The molecule has 4 aromatic rings. The summed E-state index contributed by atoms with van der Waals surface area (Å²) in [5.41, 5.74) is -1.28. The number of thioether (sulfide) groups is 1. The van der Waals surface area contributed by atoms with Gasteiger partial charge in [-0.05, 0) is 66.2 Å². The Balaban J connectivity index is 1.11. The Morgan fingerprint density at radius 1 is 0.915 bits per heavy atom. The normalized spacial score (nSPS) is 17.0. The van der Waals surface area contributed by atoms with Crippen LogP contribution in [0, 0.1) is 0 Å². The van der Waals surface area contributed by atoms with Gasteiger partial charge >= 0.3 is 12.4 Å². The van der Waals surface area contributed by atoms with Crippen LogP contribution in [0.15, 0.2) is 75.0 Å². The number of carbonyl (C=O) groups is 1. The first-order valence-electron chi connectivity index (χ1n) is 14.4. The summed E-state index contributed by atoms with van der Waals surface area (Å²) in [6.07, 6.45) is -7.54. The lowest BCUT2D eigenvalue weighted by Gasteiger charge is -2.21. The number of aliphatic imine (C=N–C) groups is 1. The largest absolute Gasteiger partial charge is 0.493 e. The van der Waals surface area contributed by atoms with Crippen molar-refractivity contribution in [3.8, 4) is 11.5 Å². The number of ether oxygens (including phenoxy) is 2. The van der Waals surface area contributed by atoms with E-state index in [1.54, 1.807) is 12.1 Å². The molecule has 246 valence electrons. The number of fused-ring (bicyclic) bond motifs is 1. The summed E-state index contributed by atoms with van der Waals surface area (Å²) in [6.45, 7) is 1.96. The fraction of sp³-hybridized carbons (Fsp3) is 0.281. The van der Waals surface area contributed by atoms with Gasteiger partial charge < -0.3 is 23.7 Å². The first-order chi connectivity index (χ1) is 22.4. The zero-order valence-electron chi connectivity index (χ0n) is 24.7. The highest BCUT2D eigenvalue weighted by atomic mass is 32.2. The number of oxazole rings is 1. The van der Waals surface area contributed by atoms with Crippen molar-refractivity contribution in [2.45, 2.75) is 25.4 Å². The third-order valence-corrected chi connectivity index (χ3v) is 8.58. The maximum Gasteiger partial charge on any atom is 0.416 e. The van der Waals surface area contributed by atoms with E-state index in [1.807, 2.05) is 29.2 Å². The van der Waals surface area contributed by atoms with Gasteiger partial charge in [-0.2, -0.15) is 36.3 Å². The zero-order valence-corrected chi connectivity index (χ0v) is 25.5. The summed E-state index contributed by atoms with van der Waals surface area (Å²) in [5.74, 6) is -0.187. The number of para-hydroxylation sites is 2. The molecule has 2 aliphatic rings. The summed E-state index contributed by atoms with van der Waals surface area (Å²) in [6, 6.07) is 14.1. The van der Waals surface area contributed by atoms with Gasteiger partial charge in [-0.15, -0.1) is 0 Å². The van der Waals surface area contributed by atoms with E-state index in [4.69, 9.17) is 13.9 Å². The van der Waals surface area contributed by atoms with Crippen LogP contribution in [0.3, 0.4) is 0 Å². The number of anilines is 1. The molecule has 8 nitrogen and oxygen atoms in total. The standard InChI is InChI=1S/C32H26F6N4O4S/c1-44-26-15-19(7-10-25(26)45-18-20-8-9-21(31(33,34)35)17-22(20)32(36,37)38)16-27-28(43)40-30(47-27)42-12-4-11-41(13-14-42)29-39-23-5-2-3-6-24(23)46-29/h2-3,5-10,15-17H,4,11-14,18H2,1H3/b27-16+. The maximum absolute atomic E-state index is 13.6. The van der Waals surface area contributed by atoms with Crippen molar-refractivity contribution in [1.82, 2.24) is 9.88 Å². The molecule has 47 heavy (non-hydrogen) atoms. The molecule has 3 heterocycles. The number of amides is 1. The number of benzene rings is 3. The predicted molar refractivity (Wildman–Crippen MR) is 164 cm³/mol. The summed E-state index contributed by atoms with van der Waals surface area (Å²) < 4.78 is 96.5. The van der Waals surface area contributed by atoms with E-state index in [2.05, 4.69) is 14.9 Å². The number of aromatic nitrogens is 1. The van der Waals surface area contributed by atoms with E-state index in [-0.39, 0.29) is 17.6 Å². The van der Waals surface area contributed by atoms with Gasteiger partial charge in [0, 0.05) is 31.7 Å². The van der Waals surface area contributed by atoms with E-state index in [0.29, 0.717) is 52.9 Å². The minimum atomic E-state index is -5.02. The van der Waals surface area contributed by atoms with Crippen molar-refractivity contribution in [3.63, 3.8) is 0 Å². The molecule has 0 N–H and O–H groups in total. The van der Waals surface area contributed by atoms with Crippen LogP contribution in [-0.4, -0.2) is 54.2 Å². The molecule has 1 amide bonds.